The molecule has 1 N–H and O–H groups in total. The van der Waals surface area contributed by atoms with Crippen molar-refractivity contribution in [3.8, 4) is 0 Å². The Balaban J connectivity index is 2.82. The van der Waals surface area contributed by atoms with E-state index in [4.69, 9.17) is 11.6 Å². The Morgan fingerprint density at radius 3 is 2.65 bits per heavy atom. The van der Waals surface area contributed by atoms with Crippen LogP contribution in [0, 0.1) is 0 Å². The monoisotopic (exact) mass is 317 g/mol. The van der Waals surface area contributed by atoms with Crippen LogP contribution in [0.25, 0.3) is 0 Å². The summed E-state index contributed by atoms with van der Waals surface area (Å²) in [6.45, 7) is 4.07. The van der Waals surface area contributed by atoms with Gasteiger partial charge in [0, 0.05) is 15.9 Å². The van der Waals surface area contributed by atoms with Crippen molar-refractivity contribution in [3.05, 3.63) is 34.3 Å². The molecule has 1 amide bonds. The van der Waals surface area contributed by atoms with Crippen LogP contribution in [-0.2, 0) is 0 Å². The molecule has 2 nitrogen and oxygen atoms in total. The number of nitrogens with one attached hydrogen (secondary N) is 1. The molecule has 94 valence electrons. The van der Waals surface area contributed by atoms with Crippen LogP contribution < -0.4 is 5.32 Å². The van der Waals surface area contributed by atoms with Gasteiger partial charge >= 0.3 is 0 Å². The zero-order valence-corrected chi connectivity index (χ0v) is 12.4. The number of hydrogen-bond donors (Lipinski definition) is 1. The lowest BCUT2D eigenvalue weighted by Gasteiger charge is -2.29. The molecule has 0 aromatic heterocycles. The fraction of sp³-hybridized carbons (Fsp3) is 0.462. The number of halogens is 2. The smallest absolute Gasteiger partial charge is 0.252 e. The van der Waals surface area contributed by atoms with E-state index >= 15 is 0 Å². The van der Waals surface area contributed by atoms with E-state index in [1.165, 1.54) is 0 Å². The van der Waals surface area contributed by atoms with E-state index in [0.717, 1.165) is 17.3 Å². The van der Waals surface area contributed by atoms with E-state index in [2.05, 4.69) is 21.2 Å². The molecule has 0 spiro atoms. The Bertz CT molecular complexity index is 397. The number of carbonyl (C=O) groups excluding carboxylic acids is 1. The molecule has 1 aromatic rings. The molecule has 4 heteroatoms. The molecule has 0 bridgehead atoms. The number of benzene rings is 1. The first-order valence-electron chi connectivity index (χ1n) is 5.65. The van der Waals surface area contributed by atoms with Crippen LogP contribution in [0.3, 0.4) is 0 Å². The third-order valence-electron chi connectivity index (χ3n) is 2.96. The van der Waals surface area contributed by atoms with Gasteiger partial charge in [-0.2, -0.15) is 0 Å². The Morgan fingerprint density at radius 2 is 2.12 bits per heavy atom. The highest BCUT2D eigenvalue weighted by molar-refractivity contribution is 9.10. The molecule has 0 saturated heterocycles. The molecule has 1 atom stereocenters. The summed E-state index contributed by atoms with van der Waals surface area (Å²) in [7, 11) is 0. The summed E-state index contributed by atoms with van der Waals surface area (Å²) in [5, 5.41) is 3.05. The van der Waals surface area contributed by atoms with Gasteiger partial charge < -0.3 is 5.32 Å². The van der Waals surface area contributed by atoms with Crippen LogP contribution in [0.5, 0.6) is 0 Å². The predicted octanol–water partition coefficient (Wildman–Crippen LogP) is 3.98. The first kappa shape index (κ1) is 14.5. The van der Waals surface area contributed by atoms with Gasteiger partial charge in [0.05, 0.1) is 5.56 Å². The molecule has 0 aliphatic carbocycles. The molecule has 1 rings (SSSR count). The highest BCUT2D eigenvalue weighted by Crippen LogP contribution is 2.20. The molecule has 0 heterocycles. The van der Waals surface area contributed by atoms with E-state index in [0.29, 0.717) is 11.4 Å². The fourth-order valence-electron chi connectivity index (χ4n) is 1.52. The Hall–Kier alpha value is -0.540. The Morgan fingerprint density at radius 1 is 1.47 bits per heavy atom. The molecule has 0 aliphatic rings. The van der Waals surface area contributed by atoms with Gasteiger partial charge in [0.15, 0.2) is 0 Å². The maximum atomic E-state index is 12.1. The molecular weight excluding hydrogens is 302 g/mol. The summed E-state index contributed by atoms with van der Waals surface area (Å²) < 4.78 is 0.807. The van der Waals surface area contributed by atoms with Gasteiger partial charge in [-0.1, -0.05) is 19.1 Å². The van der Waals surface area contributed by atoms with Gasteiger partial charge in [-0.05, 0) is 47.8 Å². The van der Waals surface area contributed by atoms with Gasteiger partial charge in [-0.25, -0.2) is 0 Å². The standard InChI is InChI=1S/C13H17BrClNO/c1-3-13(2,8-9-15)16-12(17)10-6-4-5-7-11(10)14/h4-7H,3,8-9H2,1-2H3,(H,16,17). The zero-order chi connectivity index (χ0) is 12.9. The third kappa shape index (κ3) is 4.00. The van der Waals surface area contributed by atoms with Crippen LogP contribution in [-0.4, -0.2) is 17.3 Å². The van der Waals surface area contributed by atoms with Gasteiger partial charge in [0.1, 0.15) is 0 Å². The second-order valence-corrected chi connectivity index (χ2v) is 5.52. The quantitative estimate of drug-likeness (QED) is 0.818. The van der Waals surface area contributed by atoms with Crippen molar-refractivity contribution in [3.63, 3.8) is 0 Å². The first-order chi connectivity index (χ1) is 8.02. The van der Waals surface area contributed by atoms with Crippen LogP contribution in [0.15, 0.2) is 28.7 Å². The summed E-state index contributed by atoms with van der Waals surface area (Å²) in [4.78, 5) is 12.1. The number of carbonyl (C=O) groups is 1. The van der Waals surface area contributed by atoms with Crippen molar-refractivity contribution in [1.82, 2.24) is 5.32 Å². The third-order valence-corrected chi connectivity index (χ3v) is 3.84. The highest BCUT2D eigenvalue weighted by atomic mass is 79.9. The summed E-state index contributed by atoms with van der Waals surface area (Å²) in [6, 6.07) is 7.40. The maximum Gasteiger partial charge on any atom is 0.252 e. The lowest BCUT2D eigenvalue weighted by atomic mass is 9.95. The Kier molecular flexibility index (Phi) is 5.47. The van der Waals surface area contributed by atoms with Crippen molar-refractivity contribution < 1.29 is 4.79 Å². The minimum absolute atomic E-state index is 0.0630. The van der Waals surface area contributed by atoms with Crippen LogP contribution in [0.1, 0.15) is 37.0 Å². The van der Waals surface area contributed by atoms with Crippen LogP contribution in [0.2, 0.25) is 0 Å². The van der Waals surface area contributed by atoms with Crippen molar-refractivity contribution in [2.45, 2.75) is 32.2 Å². The van der Waals surface area contributed by atoms with Crippen molar-refractivity contribution in [1.29, 1.82) is 0 Å². The lowest BCUT2D eigenvalue weighted by Crippen LogP contribution is -2.45. The molecule has 1 unspecified atom stereocenters. The molecule has 0 radical (unpaired) electrons. The highest BCUT2D eigenvalue weighted by Gasteiger charge is 2.24. The van der Waals surface area contributed by atoms with E-state index in [-0.39, 0.29) is 11.4 Å². The maximum absolute atomic E-state index is 12.1. The molecular formula is C13H17BrClNO. The molecule has 0 aliphatic heterocycles. The van der Waals surface area contributed by atoms with Crippen molar-refractivity contribution in [2.24, 2.45) is 0 Å². The fourth-order valence-corrected chi connectivity index (χ4v) is 2.40. The van der Waals surface area contributed by atoms with Gasteiger partial charge in [0.2, 0.25) is 0 Å². The number of rotatable bonds is 5. The van der Waals surface area contributed by atoms with Crippen molar-refractivity contribution >= 4 is 33.4 Å². The average molecular weight is 319 g/mol. The molecule has 0 saturated carbocycles. The number of alkyl halides is 1. The van der Waals surface area contributed by atoms with Crippen LogP contribution in [0.4, 0.5) is 0 Å². The number of amides is 1. The molecule has 0 fully saturated rings. The first-order valence-corrected chi connectivity index (χ1v) is 6.98. The summed E-state index contributed by atoms with van der Waals surface area (Å²) in [5.41, 5.74) is 0.412. The predicted molar refractivity (Wildman–Crippen MR) is 75.6 cm³/mol. The largest absolute Gasteiger partial charge is 0.347 e. The summed E-state index contributed by atoms with van der Waals surface area (Å²) in [6.07, 6.45) is 1.62. The van der Waals surface area contributed by atoms with Crippen molar-refractivity contribution in [2.75, 3.05) is 5.88 Å². The van der Waals surface area contributed by atoms with E-state index in [1.807, 2.05) is 32.0 Å². The topological polar surface area (TPSA) is 29.1 Å². The minimum atomic E-state index is -0.242. The average Bonchev–Trinajstić information content (AvgIpc) is 2.29. The number of hydrogen-bond acceptors (Lipinski definition) is 1. The Labute approximate surface area is 116 Å². The second-order valence-electron chi connectivity index (χ2n) is 4.29. The summed E-state index contributed by atoms with van der Waals surface area (Å²) in [5.74, 6) is 0.479. The lowest BCUT2D eigenvalue weighted by molar-refractivity contribution is 0.0901. The van der Waals surface area contributed by atoms with Gasteiger partial charge in [-0.3, -0.25) is 4.79 Å². The normalized spacial score (nSPS) is 14.1. The zero-order valence-electron chi connectivity index (χ0n) is 10.1. The molecule has 17 heavy (non-hydrogen) atoms. The second kappa shape index (κ2) is 6.41. The van der Waals surface area contributed by atoms with E-state index in [1.54, 1.807) is 6.07 Å². The van der Waals surface area contributed by atoms with Gasteiger partial charge in [0.25, 0.3) is 5.91 Å². The van der Waals surface area contributed by atoms with Gasteiger partial charge in [-0.15, -0.1) is 11.6 Å². The van der Waals surface area contributed by atoms with E-state index in [9.17, 15) is 4.79 Å². The summed E-state index contributed by atoms with van der Waals surface area (Å²) >= 11 is 9.14. The SMILES string of the molecule is CCC(C)(CCCl)NC(=O)c1ccccc1Br. The molecule has 1 aromatic carbocycles. The van der Waals surface area contributed by atoms with Crippen LogP contribution >= 0.6 is 27.5 Å². The minimum Gasteiger partial charge on any atom is -0.347 e. The van der Waals surface area contributed by atoms with E-state index < -0.39 is 0 Å².